The summed E-state index contributed by atoms with van der Waals surface area (Å²) in [6.07, 6.45) is -0.542. The van der Waals surface area contributed by atoms with Gasteiger partial charge in [0.15, 0.2) is 0 Å². The maximum Gasteiger partial charge on any atom is 0.108 e. The summed E-state index contributed by atoms with van der Waals surface area (Å²) in [6, 6.07) is 39.8. The van der Waals surface area contributed by atoms with Crippen LogP contribution < -0.4 is 0 Å². The van der Waals surface area contributed by atoms with Gasteiger partial charge in [0, 0.05) is 7.11 Å². The minimum atomic E-state index is -0.516. The van der Waals surface area contributed by atoms with Crippen LogP contribution in [0.15, 0.2) is 121 Å². The van der Waals surface area contributed by atoms with Gasteiger partial charge >= 0.3 is 0 Å². The summed E-state index contributed by atoms with van der Waals surface area (Å²) in [4.78, 5) is 0. The Hall–Kier alpha value is -3.28. The van der Waals surface area contributed by atoms with Gasteiger partial charge in [-0.05, 0) is 22.3 Å². The predicted octanol–water partition coefficient (Wildman–Crippen LogP) is 5.38. The van der Waals surface area contributed by atoms with Gasteiger partial charge in [-0.15, -0.1) is 0 Å². The highest BCUT2D eigenvalue weighted by atomic mass is 16.5. The van der Waals surface area contributed by atoms with Crippen molar-refractivity contribution in [3.8, 4) is 0 Å². The smallest absolute Gasteiger partial charge is 0.108 e. The molecule has 0 atom stereocenters. The molecule has 0 fully saturated rings. The first-order chi connectivity index (χ1) is 15.8. The number of benzene rings is 4. The predicted molar refractivity (Wildman–Crippen MR) is 133 cm³/mol. The minimum absolute atomic E-state index is 0. The maximum atomic E-state index is 9.99. The van der Waals surface area contributed by atoms with Crippen molar-refractivity contribution >= 4 is 0 Å². The molecule has 0 radical (unpaired) electrons. The van der Waals surface area contributed by atoms with Crippen molar-refractivity contribution in [1.82, 2.24) is 0 Å². The number of aliphatic hydroxyl groups excluding tert-OH is 1. The van der Waals surface area contributed by atoms with Crippen LogP contribution in [0, 0.1) is 0 Å². The normalized spacial score (nSPS) is 10.3. The lowest BCUT2D eigenvalue weighted by Gasteiger charge is -2.18. The third-order valence-electron chi connectivity index (χ3n) is 5.01. The Kier molecular flexibility index (Phi) is 11.6. The Morgan fingerprint density at radius 2 is 0.879 bits per heavy atom. The Morgan fingerprint density at radius 3 is 1.21 bits per heavy atom. The molecule has 4 aromatic rings. The topological polar surface area (TPSA) is 70.2 Å². The van der Waals surface area contributed by atoms with Crippen LogP contribution in [-0.4, -0.2) is 30.9 Å². The van der Waals surface area contributed by atoms with Crippen LogP contribution in [0.25, 0.3) is 0 Å². The summed E-state index contributed by atoms with van der Waals surface area (Å²) in [5, 5.41) is 9.99. The first-order valence-corrected chi connectivity index (χ1v) is 10.8. The van der Waals surface area contributed by atoms with Gasteiger partial charge in [0.25, 0.3) is 0 Å². The SMILES string of the molecule is COCCOC(c1ccccc1)c1ccccc1.O.OC(c1ccccc1)c1ccccc1. The number of hydrogen-bond acceptors (Lipinski definition) is 3. The molecule has 0 aliphatic rings. The van der Waals surface area contributed by atoms with Crippen LogP contribution in [-0.2, 0) is 9.47 Å². The highest BCUT2D eigenvalue weighted by molar-refractivity contribution is 5.30. The first kappa shape index (κ1) is 26.0. The van der Waals surface area contributed by atoms with E-state index in [1.165, 1.54) is 11.1 Å². The zero-order chi connectivity index (χ0) is 22.4. The third kappa shape index (κ3) is 8.29. The van der Waals surface area contributed by atoms with Crippen molar-refractivity contribution in [2.75, 3.05) is 20.3 Å². The molecular weight excluding hydrogens is 412 g/mol. The zero-order valence-electron chi connectivity index (χ0n) is 18.9. The fraction of sp³-hybridized carbons (Fsp3) is 0.172. The molecule has 4 rings (SSSR count). The van der Waals surface area contributed by atoms with E-state index in [2.05, 4.69) is 24.3 Å². The molecule has 3 N–H and O–H groups in total. The molecule has 0 spiro atoms. The van der Waals surface area contributed by atoms with Gasteiger partial charge in [0.1, 0.15) is 12.2 Å². The van der Waals surface area contributed by atoms with Gasteiger partial charge in [0.05, 0.1) is 13.2 Å². The second-order valence-corrected chi connectivity index (χ2v) is 7.29. The van der Waals surface area contributed by atoms with E-state index in [0.717, 1.165) is 11.1 Å². The molecule has 0 heterocycles. The Balaban J connectivity index is 0.000000233. The Labute approximate surface area is 196 Å². The van der Waals surface area contributed by atoms with Crippen LogP contribution in [0.1, 0.15) is 34.5 Å². The summed E-state index contributed by atoms with van der Waals surface area (Å²) in [5.74, 6) is 0. The second-order valence-electron chi connectivity index (χ2n) is 7.29. The van der Waals surface area contributed by atoms with Gasteiger partial charge in [-0.1, -0.05) is 121 Å². The molecule has 0 bridgehead atoms. The summed E-state index contributed by atoms with van der Waals surface area (Å²) < 4.78 is 11.0. The van der Waals surface area contributed by atoms with E-state index in [0.29, 0.717) is 13.2 Å². The second kappa shape index (κ2) is 14.7. The van der Waals surface area contributed by atoms with Crippen molar-refractivity contribution in [3.05, 3.63) is 144 Å². The Bertz CT molecular complexity index is 914. The lowest BCUT2D eigenvalue weighted by molar-refractivity contribution is 0.0356. The quantitative estimate of drug-likeness (QED) is 0.371. The first-order valence-electron chi connectivity index (χ1n) is 10.8. The molecule has 4 nitrogen and oxygen atoms in total. The van der Waals surface area contributed by atoms with Crippen LogP contribution in [0.5, 0.6) is 0 Å². The molecule has 0 amide bonds. The maximum absolute atomic E-state index is 9.99. The van der Waals surface area contributed by atoms with Gasteiger partial charge < -0.3 is 20.1 Å². The molecule has 0 aliphatic heterocycles. The van der Waals surface area contributed by atoms with Crippen molar-refractivity contribution < 1.29 is 20.1 Å². The molecule has 0 aromatic heterocycles. The molecule has 0 saturated heterocycles. The van der Waals surface area contributed by atoms with E-state index >= 15 is 0 Å². The molecule has 33 heavy (non-hydrogen) atoms. The minimum Gasteiger partial charge on any atom is -0.412 e. The van der Waals surface area contributed by atoms with E-state index in [4.69, 9.17) is 9.47 Å². The van der Waals surface area contributed by atoms with E-state index < -0.39 is 6.10 Å². The van der Waals surface area contributed by atoms with E-state index in [1.54, 1.807) is 7.11 Å². The third-order valence-corrected chi connectivity index (χ3v) is 5.01. The molecule has 172 valence electrons. The highest BCUT2D eigenvalue weighted by Crippen LogP contribution is 2.25. The molecule has 0 saturated carbocycles. The van der Waals surface area contributed by atoms with Gasteiger partial charge in [-0.3, -0.25) is 0 Å². The fourth-order valence-electron chi connectivity index (χ4n) is 3.35. The summed E-state index contributed by atoms with van der Waals surface area (Å²) in [7, 11) is 1.68. The zero-order valence-corrected chi connectivity index (χ0v) is 18.9. The monoisotopic (exact) mass is 444 g/mol. The van der Waals surface area contributed by atoms with Gasteiger partial charge in [-0.25, -0.2) is 0 Å². The standard InChI is InChI=1S/C16H18O2.C13H12O.H2O/c1-17-12-13-18-16(14-8-4-2-5-9-14)15-10-6-3-7-11-15;14-13(11-7-3-1-4-8-11)12-9-5-2-6-10-12;/h2-11,16H,12-13H2,1H3;1-10,13-14H;1H2. The van der Waals surface area contributed by atoms with Gasteiger partial charge in [-0.2, -0.15) is 0 Å². The number of rotatable bonds is 8. The van der Waals surface area contributed by atoms with Crippen LogP contribution >= 0.6 is 0 Å². The molecule has 0 aliphatic carbocycles. The van der Waals surface area contributed by atoms with Crippen LogP contribution in [0.3, 0.4) is 0 Å². The molecule has 4 heteroatoms. The summed E-state index contributed by atoms with van der Waals surface area (Å²) >= 11 is 0. The number of hydrogen-bond donors (Lipinski definition) is 1. The van der Waals surface area contributed by atoms with Crippen LogP contribution in [0.4, 0.5) is 0 Å². The van der Waals surface area contributed by atoms with E-state index in [1.807, 2.05) is 97.1 Å². The van der Waals surface area contributed by atoms with Crippen molar-refractivity contribution in [1.29, 1.82) is 0 Å². The molecular formula is C29H32O4. The number of aliphatic hydroxyl groups is 1. The van der Waals surface area contributed by atoms with Crippen LogP contribution in [0.2, 0.25) is 0 Å². The van der Waals surface area contributed by atoms with Crippen molar-refractivity contribution in [3.63, 3.8) is 0 Å². The van der Waals surface area contributed by atoms with E-state index in [-0.39, 0.29) is 11.6 Å². The van der Waals surface area contributed by atoms with Crippen molar-refractivity contribution in [2.24, 2.45) is 0 Å². The average molecular weight is 445 g/mol. The summed E-state index contributed by atoms with van der Waals surface area (Å²) in [5.41, 5.74) is 4.19. The fourth-order valence-corrected chi connectivity index (χ4v) is 3.35. The van der Waals surface area contributed by atoms with E-state index in [9.17, 15) is 5.11 Å². The lowest BCUT2D eigenvalue weighted by atomic mass is 10.0. The highest BCUT2D eigenvalue weighted by Gasteiger charge is 2.13. The largest absolute Gasteiger partial charge is 0.412 e. The molecule has 0 unspecified atom stereocenters. The van der Waals surface area contributed by atoms with Gasteiger partial charge in [0.2, 0.25) is 0 Å². The van der Waals surface area contributed by atoms with Crippen molar-refractivity contribution in [2.45, 2.75) is 12.2 Å². The number of ether oxygens (including phenoxy) is 2. The summed E-state index contributed by atoms with van der Waals surface area (Å²) in [6.45, 7) is 1.20. The molecule has 4 aromatic carbocycles. The number of methoxy groups -OCH3 is 1. The average Bonchev–Trinajstić information content (AvgIpc) is 2.89. The Morgan fingerprint density at radius 1 is 0.545 bits per heavy atom. The lowest BCUT2D eigenvalue weighted by Crippen LogP contribution is -2.10.